The van der Waals surface area contributed by atoms with Gasteiger partial charge in [-0.1, -0.05) is 0 Å². The Bertz CT molecular complexity index is 1510. The number of piperidine rings is 1. The van der Waals surface area contributed by atoms with Crippen LogP contribution in [0, 0.1) is 17.8 Å². The highest BCUT2D eigenvalue weighted by Crippen LogP contribution is 2.42. The lowest BCUT2D eigenvalue weighted by Gasteiger charge is -2.41. The predicted octanol–water partition coefficient (Wildman–Crippen LogP) is 3.57. The summed E-state index contributed by atoms with van der Waals surface area (Å²) in [5.74, 6) is -4.06. The maximum absolute atomic E-state index is 13.8. The average Bonchev–Trinajstić information content (AvgIpc) is 3.76. The van der Waals surface area contributed by atoms with Crippen LogP contribution < -0.4 is 16.1 Å². The zero-order valence-corrected chi connectivity index (χ0v) is 30.1. The largest absolute Gasteiger partial charge is 0.393 e. The summed E-state index contributed by atoms with van der Waals surface area (Å²) in [5, 5.41) is 9.55. The van der Waals surface area contributed by atoms with Gasteiger partial charge in [-0.25, -0.2) is 28.1 Å². The zero-order valence-electron chi connectivity index (χ0n) is 30.1. The van der Waals surface area contributed by atoms with E-state index in [1.54, 1.807) is 29.7 Å². The summed E-state index contributed by atoms with van der Waals surface area (Å²) in [5.41, 5.74) is 4.03. The Morgan fingerprint density at radius 3 is 2.46 bits per heavy atom. The standard InChI is InChI=1S/C27H41F5N8O2.C6H9N3O/c1-33-22(17-3-5-26(28,29)6-4-17)21-16-40-25(35-21)36-23(39-9-7-38(8-10-39)11-12-42-2)20(37-40)14-18-13-19(27(30,31)32)15-34-24(18)41;1-5(2)9-6(3-10)7-4-8-9/h16-20,22,33,37H,3-15H2,1-2H3,(H,34,41);3-5H,1-2H3/t18-,19?,20?,22?;/m1./s1. The number of hydrogen-bond donors (Lipinski definition) is 3. The molecular formula is C33H50F5N11O3. The summed E-state index contributed by atoms with van der Waals surface area (Å²) in [6.07, 6.45) is -0.251. The molecule has 3 aliphatic heterocycles. The van der Waals surface area contributed by atoms with Crippen LogP contribution in [0.5, 0.6) is 0 Å². The topological polar surface area (TPSA) is 147 Å². The molecule has 0 spiro atoms. The maximum Gasteiger partial charge on any atom is 0.393 e. The van der Waals surface area contributed by atoms with E-state index in [0.29, 0.717) is 62.1 Å². The third-order valence-corrected chi connectivity index (χ3v) is 10.3. The number of aromatic nitrogens is 5. The summed E-state index contributed by atoms with van der Waals surface area (Å²) in [4.78, 5) is 40.7. The van der Waals surface area contributed by atoms with E-state index in [4.69, 9.17) is 14.7 Å². The molecule has 4 atom stereocenters. The Hall–Kier alpha value is -3.71. The highest BCUT2D eigenvalue weighted by Gasteiger charge is 2.46. The summed E-state index contributed by atoms with van der Waals surface area (Å²) < 4.78 is 76.7. The number of nitrogens with one attached hydrogen (secondary N) is 3. The summed E-state index contributed by atoms with van der Waals surface area (Å²) in [6, 6.07) is -0.573. The number of imidazole rings is 1. The van der Waals surface area contributed by atoms with Crippen molar-refractivity contribution in [2.24, 2.45) is 22.7 Å². The van der Waals surface area contributed by atoms with Crippen molar-refractivity contribution in [1.82, 2.24) is 44.9 Å². The molecule has 14 nitrogen and oxygen atoms in total. The Balaban J connectivity index is 0.000000452. The summed E-state index contributed by atoms with van der Waals surface area (Å²) >= 11 is 0. The van der Waals surface area contributed by atoms with Gasteiger partial charge < -0.3 is 25.7 Å². The SMILES string of the molecule is CC(C)n1ncnc1C=O.CNC(c1cn2c(n1)N=C(N1CCN(CCOC)CC1)C(C[C@H]1CC(C(F)(F)F)CNC1=O)N2)C1CCC(F)(F)CC1. The molecule has 3 fully saturated rings. The molecule has 0 radical (unpaired) electrons. The number of carbonyl (C=O) groups excluding carboxylic acids is 2. The van der Waals surface area contributed by atoms with E-state index in [1.807, 2.05) is 13.8 Å². The fourth-order valence-corrected chi connectivity index (χ4v) is 7.39. The number of methoxy groups -OCH3 is 1. The van der Waals surface area contributed by atoms with Gasteiger partial charge in [0.05, 0.1) is 30.5 Å². The van der Waals surface area contributed by atoms with Crippen molar-refractivity contribution in [3.8, 4) is 0 Å². The lowest BCUT2D eigenvalue weighted by atomic mass is 9.81. The number of amides is 1. The highest BCUT2D eigenvalue weighted by molar-refractivity contribution is 5.92. The Morgan fingerprint density at radius 1 is 1.15 bits per heavy atom. The van der Waals surface area contributed by atoms with Crippen LogP contribution >= 0.6 is 0 Å². The molecule has 3 N–H and O–H groups in total. The number of carbonyl (C=O) groups is 2. The normalized spacial score (nSPS) is 24.7. The van der Waals surface area contributed by atoms with Gasteiger partial charge in [0.25, 0.3) is 5.95 Å². The van der Waals surface area contributed by atoms with Gasteiger partial charge in [-0.2, -0.15) is 23.3 Å². The molecule has 3 unspecified atom stereocenters. The van der Waals surface area contributed by atoms with E-state index in [9.17, 15) is 31.5 Å². The van der Waals surface area contributed by atoms with Crippen LogP contribution in [0.15, 0.2) is 17.5 Å². The fraction of sp³-hybridized carbons (Fsp3) is 0.758. The van der Waals surface area contributed by atoms with Gasteiger partial charge in [0.15, 0.2) is 12.1 Å². The molecule has 1 saturated carbocycles. The Morgan fingerprint density at radius 2 is 1.87 bits per heavy atom. The molecule has 2 aromatic heterocycles. The minimum absolute atomic E-state index is 0.0174. The van der Waals surface area contributed by atoms with Crippen molar-refractivity contribution in [2.45, 2.75) is 82.6 Å². The second kappa shape index (κ2) is 17.0. The molecule has 0 aromatic carbocycles. The summed E-state index contributed by atoms with van der Waals surface area (Å²) in [7, 11) is 3.44. The molecular weight excluding hydrogens is 693 g/mol. The number of halogens is 5. The first-order valence-corrected chi connectivity index (χ1v) is 17.9. The number of ether oxygens (including phenoxy) is 1. The third kappa shape index (κ3) is 9.63. The Kier molecular flexibility index (Phi) is 12.9. The van der Waals surface area contributed by atoms with Crippen LogP contribution in [0.2, 0.25) is 0 Å². The molecule has 6 rings (SSSR count). The van der Waals surface area contributed by atoms with Crippen LogP contribution in [-0.2, 0) is 9.53 Å². The smallest absolute Gasteiger partial charge is 0.383 e. The number of piperazine rings is 1. The first-order chi connectivity index (χ1) is 24.7. The second-order valence-corrected chi connectivity index (χ2v) is 14.2. The second-order valence-electron chi connectivity index (χ2n) is 14.2. The molecule has 290 valence electrons. The lowest BCUT2D eigenvalue weighted by molar-refractivity contribution is -0.183. The number of nitrogens with zero attached hydrogens (tertiary/aromatic N) is 8. The number of aliphatic imine (C=N–C) groups is 1. The molecule has 19 heteroatoms. The number of rotatable bonds is 10. The minimum atomic E-state index is -4.39. The van der Waals surface area contributed by atoms with Crippen LogP contribution in [0.25, 0.3) is 0 Å². The van der Waals surface area contributed by atoms with Crippen LogP contribution in [0.1, 0.15) is 80.8 Å². The fourth-order valence-electron chi connectivity index (χ4n) is 7.39. The number of aldehydes is 1. The van der Waals surface area contributed by atoms with Crippen LogP contribution in [0.4, 0.5) is 27.9 Å². The van der Waals surface area contributed by atoms with Gasteiger partial charge >= 0.3 is 6.18 Å². The quantitative estimate of drug-likeness (QED) is 0.244. The lowest BCUT2D eigenvalue weighted by Crippen LogP contribution is -2.56. The number of amidine groups is 1. The highest BCUT2D eigenvalue weighted by atomic mass is 19.4. The van der Waals surface area contributed by atoms with E-state index in [1.165, 1.54) is 6.33 Å². The number of fused-ring (bicyclic) bond motifs is 1. The van der Waals surface area contributed by atoms with Gasteiger partial charge in [-0.3, -0.25) is 14.5 Å². The first-order valence-electron chi connectivity index (χ1n) is 17.9. The molecule has 4 aliphatic rings. The van der Waals surface area contributed by atoms with Crippen molar-refractivity contribution in [2.75, 3.05) is 65.5 Å². The van der Waals surface area contributed by atoms with E-state index in [-0.39, 0.29) is 49.6 Å². The molecule has 5 heterocycles. The van der Waals surface area contributed by atoms with Gasteiger partial charge in [0.1, 0.15) is 18.2 Å². The third-order valence-electron chi connectivity index (χ3n) is 10.3. The van der Waals surface area contributed by atoms with E-state index in [2.05, 4.69) is 35.9 Å². The van der Waals surface area contributed by atoms with E-state index < -0.39 is 36.5 Å². The van der Waals surface area contributed by atoms with Gasteiger partial charge in [0.2, 0.25) is 11.8 Å². The van der Waals surface area contributed by atoms with Crippen molar-refractivity contribution in [3.05, 3.63) is 24.0 Å². The molecule has 0 bridgehead atoms. The van der Waals surface area contributed by atoms with Crippen molar-refractivity contribution >= 4 is 24.0 Å². The van der Waals surface area contributed by atoms with Gasteiger partial charge in [-0.15, -0.1) is 0 Å². The number of alkyl halides is 5. The molecule has 52 heavy (non-hydrogen) atoms. The molecule has 2 saturated heterocycles. The van der Waals surface area contributed by atoms with E-state index in [0.717, 1.165) is 19.6 Å². The van der Waals surface area contributed by atoms with Crippen molar-refractivity contribution in [1.29, 1.82) is 0 Å². The monoisotopic (exact) mass is 743 g/mol. The average molecular weight is 744 g/mol. The van der Waals surface area contributed by atoms with Crippen LogP contribution in [-0.4, -0.2) is 130 Å². The Labute approximate surface area is 299 Å². The minimum Gasteiger partial charge on any atom is -0.383 e. The van der Waals surface area contributed by atoms with Crippen molar-refractivity contribution in [3.63, 3.8) is 0 Å². The predicted molar refractivity (Wildman–Crippen MR) is 182 cm³/mol. The van der Waals surface area contributed by atoms with Gasteiger partial charge in [0, 0.05) is 71.2 Å². The van der Waals surface area contributed by atoms with E-state index >= 15 is 0 Å². The first kappa shape index (κ1) is 39.5. The zero-order chi connectivity index (χ0) is 37.6. The van der Waals surface area contributed by atoms with Gasteiger partial charge in [-0.05, 0) is 52.5 Å². The maximum atomic E-state index is 13.8. The molecule has 1 aliphatic carbocycles. The number of hydrogen-bond acceptors (Lipinski definition) is 11. The van der Waals surface area contributed by atoms with Crippen molar-refractivity contribution < 1.29 is 36.3 Å². The molecule has 1 amide bonds. The molecule has 2 aromatic rings. The summed E-state index contributed by atoms with van der Waals surface area (Å²) in [6.45, 7) is 7.75. The van der Waals surface area contributed by atoms with Crippen LogP contribution in [0.3, 0.4) is 0 Å².